The van der Waals surface area contributed by atoms with Gasteiger partial charge in [-0.2, -0.15) is 0 Å². The van der Waals surface area contributed by atoms with E-state index in [9.17, 15) is 9.59 Å². The average Bonchev–Trinajstić information content (AvgIpc) is 2.83. The van der Waals surface area contributed by atoms with Crippen LogP contribution in [0.2, 0.25) is 10.0 Å². The molecule has 0 unspecified atom stereocenters. The van der Waals surface area contributed by atoms with Crippen LogP contribution in [0, 0.1) is 0 Å². The van der Waals surface area contributed by atoms with Gasteiger partial charge in [0.1, 0.15) is 19.3 Å². The molecular formula is C26H32Cl2N2O4. The number of unbranched alkanes of at least 4 members (excludes halogenated alkanes) is 1. The molecule has 0 fully saturated rings. The summed E-state index contributed by atoms with van der Waals surface area (Å²) in [6.07, 6.45) is 3.15. The number of carbonyl (C=O) groups excluding carboxylic acids is 2. The molecule has 2 aromatic carbocycles. The van der Waals surface area contributed by atoms with Crippen LogP contribution in [-0.4, -0.2) is 42.5 Å². The monoisotopic (exact) mass is 506 g/mol. The number of fused-ring (bicyclic) bond motifs is 1. The molecule has 1 aliphatic rings. The normalized spacial score (nSPS) is 13.3. The lowest BCUT2D eigenvalue weighted by Gasteiger charge is -2.31. The number of hydrogen-bond acceptors (Lipinski definition) is 4. The third-order valence-electron chi connectivity index (χ3n) is 5.81. The molecule has 184 valence electrons. The average molecular weight is 507 g/mol. The standard InChI is InChI=1S/C26H32Cl2N2O4/c1-3-5-12-29-26(32)22(4-2)30(17-19-8-9-20(27)16-21(19)28)25(31)11-7-18-6-10-23-24(15-18)34-14-13-33-23/h6,8-10,15-16,22H,3-5,7,11-14,17H2,1-2H3,(H,29,32)/t22-/m0/s1. The summed E-state index contributed by atoms with van der Waals surface area (Å²) in [7, 11) is 0. The van der Waals surface area contributed by atoms with E-state index in [2.05, 4.69) is 12.2 Å². The van der Waals surface area contributed by atoms with Gasteiger partial charge in [0, 0.05) is 29.6 Å². The molecule has 34 heavy (non-hydrogen) atoms. The third-order valence-corrected chi connectivity index (χ3v) is 6.39. The third kappa shape index (κ3) is 7.03. The highest BCUT2D eigenvalue weighted by atomic mass is 35.5. The van der Waals surface area contributed by atoms with Gasteiger partial charge in [0.05, 0.1) is 0 Å². The number of rotatable bonds is 11. The van der Waals surface area contributed by atoms with Gasteiger partial charge in [-0.05, 0) is 54.7 Å². The molecule has 1 aliphatic heterocycles. The summed E-state index contributed by atoms with van der Waals surface area (Å²) < 4.78 is 11.2. The molecule has 1 N–H and O–H groups in total. The fourth-order valence-corrected chi connectivity index (χ4v) is 4.37. The first kappa shape index (κ1) is 26.2. The van der Waals surface area contributed by atoms with Gasteiger partial charge in [0.25, 0.3) is 0 Å². The molecule has 0 saturated heterocycles. The summed E-state index contributed by atoms with van der Waals surface area (Å²) in [5, 5.41) is 3.96. The van der Waals surface area contributed by atoms with E-state index in [1.54, 1.807) is 23.1 Å². The smallest absolute Gasteiger partial charge is 0.242 e. The SMILES string of the molecule is CCCCNC(=O)[C@H](CC)N(Cc1ccc(Cl)cc1Cl)C(=O)CCc1ccc2c(c1)OCCO2. The highest BCUT2D eigenvalue weighted by Gasteiger charge is 2.29. The minimum Gasteiger partial charge on any atom is -0.486 e. The summed E-state index contributed by atoms with van der Waals surface area (Å²) >= 11 is 12.4. The molecule has 2 aromatic rings. The van der Waals surface area contributed by atoms with E-state index >= 15 is 0 Å². The number of nitrogens with zero attached hydrogens (tertiary/aromatic N) is 1. The molecular weight excluding hydrogens is 475 g/mol. The molecule has 1 heterocycles. The number of ether oxygens (including phenoxy) is 2. The highest BCUT2D eigenvalue weighted by Crippen LogP contribution is 2.31. The fraction of sp³-hybridized carbons (Fsp3) is 0.462. The Labute approximate surface area is 211 Å². The van der Waals surface area contributed by atoms with E-state index in [1.807, 2.05) is 25.1 Å². The molecule has 2 amide bonds. The van der Waals surface area contributed by atoms with Gasteiger partial charge in [-0.15, -0.1) is 0 Å². The number of halogens is 2. The number of amides is 2. The predicted molar refractivity (Wildman–Crippen MR) is 135 cm³/mol. The van der Waals surface area contributed by atoms with Crippen molar-refractivity contribution in [3.8, 4) is 11.5 Å². The molecule has 0 radical (unpaired) electrons. The lowest BCUT2D eigenvalue weighted by molar-refractivity contribution is -0.141. The van der Waals surface area contributed by atoms with Crippen LogP contribution >= 0.6 is 23.2 Å². The minimum atomic E-state index is -0.587. The zero-order valence-electron chi connectivity index (χ0n) is 19.7. The number of carbonyl (C=O) groups is 2. The van der Waals surface area contributed by atoms with Crippen molar-refractivity contribution in [2.24, 2.45) is 0 Å². The summed E-state index contributed by atoms with van der Waals surface area (Å²) in [5.41, 5.74) is 1.72. The first-order valence-corrected chi connectivity index (χ1v) is 12.6. The lowest BCUT2D eigenvalue weighted by Crippen LogP contribution is -2.49. The molecule has 0 saturated carbocycles. The summed E-state index contributed by atoms with van der Waals surface area (Å²) in [6.45, 7) is 5.85. The largest absolute Gasteiger partial charge is 0.486 e. The Morgan fingerprint density at radius 2 is 1.82 bits per heavy atom. The van der Waals surface area contributed by atoms with E-state index in [4.69, 9.17) is 32.7 Å². The number of nitrogens with one attached hydrogen (secondary N) is 1. The molecule has 3 rings (SSSR count). The zero-order chi connectivity index (χ0) is 24.5. The molecule has 0 aromatic heterocycles. The van der Waals surface area contributed by atoms with Gasteiger partial charge in [-0.25, -0.2) is 0 Å². The van der Waals surface area contributed by atoms with Gasteiger partial charge in [0.2, 0.25) is 11.8 Å². The van der Waals surface area contributed by atoms with Gasteiger partial charge in [0.15, 0.2) is 11.5 Å². The van der Waals surface area contributed by atoms with Crippen molar-refractivity contribution in [3.05, 3.63) is 57.6 Å². The highest BCUT2D eigenvalue weighted by molar-refractivity contribution is 6.35. The Morgan fingerprint density at radius 1 is 1.06 bits per heavy atom. The summed E-state index contributed by atoms with van der Waals surface area (Å²) in [5.74, 6) is 1.16. The maximum absolute atomic E-state index is 13.4. The van der Waals surface area contributed by atoms with Crippen LogP contribution in [0.1, 0.15) is 50.7 Å². The zero-order valence-corrected chi connectivity index (χ0v) is 21.3. The van der Waals surface area contributed by atoms with Crippen LogP contribution in [0.15, 0.2) is 36.4 Å². The minimum absolute atomic E-state index is 0.113. The van der Waals surface area contributed by atoms with Crippen molar-refractivity contribution < 1.29 is 19.1 Å². The lowest BCUT2D eigenvalue weighted by atomic mass is 10.1. The van der Waals surface area contributed by atoms with Crippen molar-refractivity contribution in [3.63, 3.8) is 0 Å². The summed E-state index contributed by atoms with van der Waals surface area (Å²) in [6, 6.07) is 10.3. The van der Waals surface area contributed by atoms with Crippen LogP contribution in [0.3, 0.4) is 0 Å². The number of aryl methyl sites for hydroxylation is 1. The van der Waals surface area contributed by atoms with Crippen LogP contribution in [0.4, 0.5) is 0 Å². The van der Waals surface area contributed by atoms with Crippen molar-refractivity contribution >= 4 is 35.0 Å². The first-order chi connectivity index (χ1) is 16.4. The van der Waals surface area contributed by atoms with Gasteiger partial charge in [-0.1, -0.05) is 55.6 Å². The van der Waals surface area contributed by atoms with Gasteiger partial charge < -0.3 is 19.7 Å². The van der Waals surface area contributed by atoms with Crippen molar-refractivity contribution in [1.82, 2.24) is 10.2 Å². The van der Waals surface area contributed by atoms with Crippen molar-refractivity contribution in [2.75, 3.05) is 19.8 Å². The van der Waals surface area contributed by atoms with E-state index < -0.39 is 6.04 Å². The van der Waals surface area contributed by atoms with E-state index in [1.165, 1.54) is 0 Å². The topological polar surface area (TPSA) is 67.9 Å². The Kier molecular flexibility index (Phi) is 9.90. The van der Waals surface area contributed by atoms with Gasteiger partial charge in [-0.3, -0.25) is 9.59 Å². The maximum Gasteiger partial charge on any atom is 0.242 e. The molecule has 8 heteroatoms. The molecule has 1 atom stereocenters. The summed E-state index contributed by atoms with van der Waals surface area (Å²) in [4.78, 5) is 28.0. The van der Waals surface area contributed by atoms with E-state index in [-0.39, 0.29) is 24.8 Å². The van der Waals surface area contributed by atoms with Gasteiger partial charge >= 0.3 is 0 Å². The van der Waals surface area contributed by atoms with Crippen LogP contribution < -0.4 is 14.8 Å². The van der Waals surface area contributed by atoms with E-state index in [0.717, 1.165) is 29.7 Å². The molecule has 6 nitrogen and oxygen atoms in total. The number of benzene rings is 2. The second-order valence-corrected chi connectivity index (χ2v) is 9.15. The number of hydrogen-bond donors (Lipinski definition) is 1. The predicted octanol–water partition coefficient (Wildman–Crippen LogP) is 5.42. The van der Waals surface area contributed by atoms with Crippen LogP contribution in [-0.2, 0) is 22.6 Å². The second-order valence-electron chi connectivity index (χ2n) is 8.30. The Morgan fingerprint density at radius 3 is 2.53 bits per heavy atom. The molecule has 0 spiro atoms. The quantitative estimate of drug-likeness (QED) is 0.413. The van der Waals surface area contributed by atoms with Crippen LogP contribution in [0.5, 0.6) is 11.5 Å². The van der Waals surface area contributed by atoms with Crippen molar-refractivity contribution in [1.29, 1.82) is 0 Å². The Bertz CT molecular complexity index is 999. The maximum atomic E-state index is 13.4. The van der Waals surface area contributed by atoms with Crippen LogP contribution in [0.25, 0.3) is 0 Å². The van der Waals surface area contributed by atoms with Crippen molar-refractivity contribution in [2.45, 2.75) is 58.5 Å². The second kappa shape index (κ2) is 12.9. The van der Waals surface area contributed by atoms with E-state index in [0.29, 0.717) is 48.4 Å². The molecule has 0 aliphatic carbocycles. The Balaban J connectivity index is 1.76. The molecule has 0 bridgehead atoms. The fourth-order valence-electron chi connectivity index (χ4n) is 3.90. The first-order valence-electron chi connectivity index (χ1n) is 11.8. The Hall–Kier alpha value is -2.44.